The van der Waals surface area contributed by atoms with Gasteiger partial charge in [-0.25, -0.2) is 4.98 Å². The molecule has 1 aromatic rings. The van der Waals surface area contributed by atoms with Crippen LogP contribution in [0.4, 0.5) is 0 Å². The maximum atomic E-state index is 4.39. The Morgan fingerprint density at radius 3 is 3.17 bits per heavy atom. The lowest BCUT2D eigenvalue weighted by molar-refractivity contribution is 0.820. The number of nitrogens with zero attached hydrogens (tertiary/aromatic N) is 1. The SMILES string of the molecule is CNCc1cnc(CC2CC2)s1. The first-order valence-corrected chi connectivity index (χ1v) is 5.28. The van der Waals surface area contributed by atoms with E-state index in [9.17, 15) is 0 Å². The molecule has 1 fully saturated rings. The highest BCUT2D eigenvalue weighted by molar-refractivity contribution is 7.11. The van der Waals surface area contributed by atoms with E-state index in [1.54, 1.807) is 0 Å². The topological polar surface area (TPSA) is 24.9 Å². The fraction of sp³-hybridized carbons (Fsp3) is 0.667. The summed E-state index contributed by atoms with van der Waals surface area (Å²) in [6, 6.07) is 0. The van der Waals surface area contributed by atoms with Crippen molar-refractivity contribution in [3.8, 4) is 0 Å². The van der Waals surface area contributed by atoms with Gasteiger partial charge in [-0.05, 0) is 25.8 Å². The van der Waals surface area contributed by atoms with Gasteiger partial charge in [0.2, 0.25) is 0 Å². The van der Waals surface area contributed by atoms with Crippen molar-refractivity contribution in [1.29, 1.82) is 0 Å². The lowest BCUT2D eigenvalue weighted by Gasteiger charge is -1.91. The zero-order chi connectivity index (χ0) is 8.39. The molecule has 0 saturated heterocycles. The second-order valence-electron chi connectivity index (χ2n) is 3.40. The van der Waals surface area contributed by atoms with Gasteiger partial charge in [-0.15, -0.1) is 11.3 Å². The Labute approximate surface area is 77.0 Å². The number of aromatic nitrogens is 1. The van der Waals surface area contributed by atoms with Crippen molar-refractivity contribution >= 4 is 11.3 Å². The maximum Gasteiger partial charge on any atom is 0.0930 e. The van der Waals surface area contributed by atoms with Crippen LogP contribution in [0, 0.1) is 5.92 Å². The van der Waals surface area contributed by atoms with Gasteiger partial charge >= 0.3 is 0 Å². The van der Waals surface area contributed by atoms with E-state index in [-0.39, 0.29) is 0 Å². The largest absolute Gasteiger partial charge is 0.315 e. The van der Waals surface area contributed by atoms with Gasteiger partial charge in [0.25, 0.3) is 0 Å². The molecule has 1 aliphatic rings. The summed E-state index contributed by atoms with van der Waals surface area (Å²) in [5.74, 6) is 0.957. The molecule has 1 aromatic heterocycles. The summed E-state index contributed by atoms with van der Waals surface area (Å²) in [5.41, 5.74) is 0. The summed E-state index contributed by atoms with van der Waals surface area (Å²) < 4.78 is 0. The van der Waals surface area contributed by atoms with Gasteiger partial charge in [0.05, 0.1) is 5.01 Å². The van der Waals surface area contributed by atoms with Gasteiger partial charge in [0.1, 0.15) is 0 Å². The molecule has 0 bridgehead atoms. The molecule has 0 spiro atoms. The smallest absolute Gasteiger partial charge is 0.0930 e. The van der Waals surface area contributed by atoms with Crippen molar-refractivity contribution in [2.75, 3.05) is 7.05 Å². The van der Waals surface area contributed by atoms with E-state index in [2.05, 4.69) is 10.3 Å². The van der Waals surface area contributed by atoms with Crippen LogP contribution in [0.2, 0.25) is 0 Å². The molecule has 0 aliphatic heterocycles. The van der Waals surface area contributed by atoms with Crippen molar-refractivity contribution in [3.63, 3.8) is 0 Å². The second-order valence-corrected chi connectivity index (χ2v) is 4.60. The Kier molecular flexibility index (Phi) is 2.42. The van der Waals surface area contributed by atoms with Gasteiger partial charge in [-0.3, -0.25) is 0 Å². The van der Waals surface area contributed by atoms with E-state index >= 15 is 0 Å². The summed E-state index contributed by atoms with van der Waals surface area (Å²) in [4.78, 5) is 5.75. The molecular formula is C9H14N2S. The third kappa shape index (κ3) is 2.05. The van der Waals surface area contributed by atoms with Crippen LogP contribution in [-0.4, -0.2) is 12.0 Å². The third-order valence-corrected chi connectivity index (χ3v) is 3.13. The van der Waals surface area contributed by atoms with E-state index < -0.39 is 0 Å². The van der Waals surface area contributed by atoms with E-state index in [0.29, 0.717) is 0 Å². The minimum absolute atomic E-state index is 0.957. The number of rotatable bonds is 4. The van der Waals surface area contributed by atoms with Crippen molar-refractivity contribution in [2.45, 2.75) is 25.8 Å². The predicted octanol–water partition coefficient (Wildman–Crippen LogP) is 1.82. The van der Waals surface area contributed by atoms with E-state index in [4.69, 9.17) is 0 Å². The first-order valence-electron chi connectivity index (χ1n) is 4.46. The van der Waals surface area contributed by atoms with Gasteiger partial charge in [-0.2, -0.15) is 0 Å². The quantitative estimate of drug-likeness (QED) is 0.768. The molecule has 1 heterocycles. The average molecular weight is 182 g/mol. The molecule has 12 heavy (non-hydrogen) atoms. The second kappa shape index (κ2) is 3.54. The molecule has 2 nitrogen and oxygen atoms in total. The fourth-order valence-electron chi connectivity index (χ4n) is 1.27. The highest BCUT2D eigenvalue weighted by Gasteiger charge is 2.22. The summed E-state index contributed by atoms with van der Waals surface area (Å²) in [6.45, 7) is 0.961. The van der Waals surface area contributed by atoms with E-state index in [1.807, 2.05) is 24.6 Å². The molecule has 66 valence electrons. The first kappa shape index (κ1) is 8.20. The van der Waals surface area contributed by atoms with Gasteiger partial charge in [0.15, 0.2) is 0 Å². The summed E-state index contributed by atoms with van der Waals surface area (Å²) in [6.07, 6.45) is 6.05. The Hall–Kier alpha value is -0.410. The standard InChI is InChI=1S/C9H14N2S/c1-10-5-8-6-11-9(12-8)4-7-2-3-7/h6-7,10H,2-5H2,1H3. The van der Waals surface area contributed by atoms with E-state index in [1.165, 1.54) is 29.1 Å². The minimum atomic E-state index is 0.957. The Balaban J connectivity index is 1.92. The lowest BCUT2D eigenvalue weighted by atomic mass is 10.3. The summed E-state index contributed by atoms with van der Waals surface area (Å²) in [5, 5.41) is 4.46. The van der Waals surface area contributed by atoms with Gasteiger partial charge < -0.3 is 5.32 Å². The number of hydrogen-bond donors (Lipinski definition) is 1. The van der Waals surface area contributed by atoms with Crippen LogP contribution >= 0.6 is 11.3 Å². The molecule has 1 N–H and O–H groups in total. The molecule has 0 amide bonds. The lowest BCUT2D eigenvalue weighted by Crippen LogP contribution is -2.02. The fourth-order valence-corrected chi connectivity index (χ4v) is 2.32. The molecule has 0 aromatic carbocycles. The zero-order valence-corrected chi connectivity index (χ0v) is 8.16. The van der Waals surface area contributed by atoms with Crippen LogP contribution in [0.1, 0.15) is 22.7 Å². The third-order valence-electron chi connectivity index (χ3n) is 2.11. The Morgan fingerprint density at radius 2 is 2.50 bits per heavy atom. The van der Waals surface area contributed by atoms with Gasteiger partial charge in [0, 0.05) is 24.0 Å². The van der Waals surface area contributed by atoms with Crippen LogP contribution in [0.15, 0.2) is 6.20 Å². The van der Waals surface area contributed by atoms with Crippen molar-refractivity contribution < 1.29 is 0 Å². The molecule has 0 atom stereocenters. The number of nitrogens with one attached hydrogen (secondary N) is 1. The van der Waals surface area contributed by atoms with E-state index in [0.717, 1.165) is 12.5 Å². The molecular weight excluding hydrogens is 168 g/mol. The van der Waals surface area contributed by atoms with Crippen LogP contribution in [-0.2, 0) is 13.0 Å². The average Bonchev–Trinajstić information content (AvgIpc) is 2.74. The normalized spacial score (nSPS) is 16.8. The Bertz CT molecular complexity index is 253. The summed E-state index contributed by atoms with van der Waals surface area (Å²) in [7, 11) is 1.97. The highest BCUT2D eigenvalue weighted by atomic mass is 32.1. The summed E-state index contributed by atoms with van der Waals surface area (Å²) >= 11 is 1.85. The number of thiazole rings is 1. The monoisotopic (exact) mass is 182 g/mol. The highest BCUT2D eigenvalue weighted by Crippen LogP contribution is 2.33. The van der Waals surface area contributed by atoms with Crippen LogP contribution in [0.3, 0.4) is 0 Å². The predicted molar refractivity (Wildman–Crippen MR) is 51.3 cm³/mol. The Morgan fingerprint density at radius 1 is 1.67 bits per heavy atom. The maximum absolute atomic E-state index is 4.39. The van der Waals surface area contributed by atoms with Crippen LogP contribution in [0.25, 0.3) is 0 Å². The molecule has 0 radical (unpaired) electrons. The van der Waals surface area contributed by atoms with Crippen molar-refractivity contribution in [2.24, 2.45) is 5.92 Å². The minimum Gasteiger partial charge on any atom is -0.315 e. The first-order chi connectivity index (χ1) is 5.88. The molecule has 1 aliphatic carbocycles. The van der Waals surface area contributed by atoms with Crippen LogP contribution < -0.4 is 5.32 Å². The molecule has 3 heteroatoms. The molecule has 0 unspecified atom stereocenters. The number of hydrogen-bond acceptors (Lipinski definition) is 3. The zero-order valence-electron chi connectivity index (χ0n) is 7.34. The van der Waals surface area contributed by atoms with Gasteiger partial charge in [-0.1, -0.05) is 0 Å². The molecule has 1 saturated carbocycles. The van der Waals surface area contributed by atoms with Crippen LogP contribution in [0.5, 0.6) is 0 Å². The van der Waals surface area contributed by atoms with Crippen molar-refractivity contribution in [1.82, 2.24) is 10.3 Å². The molecule has 2 rings (SSSR count). The van der Waals surface area contributed by atoms with Crippen molar-refractivity contribution in [3.05, 3.63) is 16.1 Å².